The molecule has 190 valence electrons. The second kappa shape index (κ2) is 13.6. The van der Waals surface area contributed by atoms with E-state index in [1.54, 1.807) is 11.3 Å². The molecule has 8 heteroatoms. The van der Waals surface area contributed by atoms with Crippen LogP contribution in [0.25, 0.3) is 10.4 Å². The van der Waals surface area contributed by atoms with Gasteiger partial charge in [-0.05, 0) is 84.5 Å². The van der Waals surface area contributed by atoms with Gasteiger partial charge < -0.3 is 19.8 Å². The highest BCUT2D eigenvalue weighted by Crippen LogP contribution is 2.35. The third-order valence-corrected chi connectivity index (χ3v) is 7.73. The molecule has 0 atom stereocenters. The molecule has 0 bridgehead atoms. The molecule has 3 aromatic rings. The summed E-state index contributed by atoms with van der Waals surface area (Å²) in [7, 11) is -3.93. The Bertz CT molecular complexity index is 1110. The normalized spacial score (nSPS) is 11.8. The van der Waals surface area contributed by atoms with Gasteiger partial charge in [0.1, 0.15) is 5.75 Å². The van der Waals surface area contributed by atoms with E-state index in [0.717, 1.165) is 46.0 Å². The van der Waals surface area contributed by atoms with Gasteiger partial charge in [0.15, 0.2) is 0 Å². The van der Waals surface area contributed by atoms with Crippen LogP contribution in [0, 0.1) is 5.92 Å². The first-order valence-electron chi connectivity index (χ1n) is 12.0. The molecule has 3 rings (SSSR count). The minimum atomic E-state index is -3.93. The summed E-state index contributed by atoms with van der Waals surface area (Å²) in [6.45, 7) is 6.20. The van der Waals surface area contributed by atoms with Crippen molar-refractivity contribution in [3.05, 3.63) is 75.6 Å². The average molecular weight is 536 g/mol. The van der Waals surface area contributed by atoms with Crippen molar-refractivity contribution < 1.29 is 19.1 Å². The lowest BCUT2D eigenvalue weighted by atomic mass is 10.0. The predicted octanol–water partition coefficient (Wildman–Crippen LogP) is 6.94. The molecule has 2 aromatic carbocycles. The molecule has 0 aliphatic carbocycles. The van der Waals surface area contributed by atoms with Crippen molar-refractivity contribution >= 4 is 30.5 Å². The number of aryl methyl sites for hydroxylation is 1. The Labute approximate surface area is 217 Å². The first-order valence-corrected chi connectivity index (χ1v) is 15.1. The van der Waals surface area contributed by atoms with Crippen molar-refractivity contribution in [2.75, 3.05) is 19.3 Å². The summed E-state index contributed by atoms with van der Waals surface area (Å²) in [5.74, 6) is 1.45. The Balaban J connectivity index is 1.55. The number of ether oxygens (including phenoxy) is 1. The fourth-order valence-corrected chi connectivity index (χ4v) is 5.49. The number of hydrogen-bond donors (Lipinski definition) is 3. The van der Waals surface area contributed by atoms with E-state index < -0.39 is 7.60 Å². The van der Waals surface area contributed by atoms with Gasteiger partial charge in [-0.1, -0.05) is 49.7 Å². The minimum Gasteiger partial charge on any atom is -0.493 e. The van der Waals surface area contributed by atoms with Crippen LogP contribution in [0.3, 0.4) is 0 Å². The highest BCUT2D eigenvalue weighted by Gasteiger charge is 2.12. The van der Waals surface area contributed by atoms with Crippen molar-refractivity contribution in [2.45, 2.75) is 46.1 Å². The van der Waals surface area contributed by atoms with Crippen LogP contribution in [-0.4, -0.2) is 29.1 Å². The molecular weight excluding hydrogens is 501 g/mol. The maximum atomic E-state index is 11.0. The van der Waals surface area contributed by atoms with Crippen molar-refractivity contribution in [3.63, 3.8) is 0 Å². The molecule has 1 aromatic heterocycles. The molecule has 5 nitrogen and oxygen atoms in total. The van der Waals surface area contributed by atoms with Gasteiger partial charge in [0, 0.05) is 22.0 Å². The number of thiophene rings is 1. The number of benzene rings is 2. The molecule has 35 heavy (non-hydrogen) atoms. The smallest absolute Gasteiger partial charge is 0.325 e. The second-order valence-electron chi connectivity index (χ2n) is 9.20. The molecule has 0 saturated heterocycles. The standard InChI is InChI=1S/C27H35ClNO4PS/c1-20(2)16-23-10-8-21(18-25(23)28)6-3-13-33-26-11-9-22(17-24(26)27-7-4-15-35-27)19-29-12-5-14-34(30,31)32/h4,7-11,15,17-18,20,29H,3,5-6,12-14,16,19H2,1-2H3,(H2,30,31,32). The molecule has 0 aliphatic heterocycles. The SMILES string of the molecule is CC(C)Cc1ccc(CCCOc2ccc(CNCCCP(=O)(O)O)cc2-c2cccs2)cc1Cl. The fourth-order valence-electron chi connectivity index (χ4n) is 3.89. The summed E-state index contributed by atoms with van der Waals surface area (Å²) < 4.78 is 17.2. The molecule has 0 radical (unpaired) electrons. The number of nitrogens with one attached hydrogen (secondary N) is 1. The van der Waals surface area contributed by atoms with Crippen LogP contribution in [-0.2, 0) is 24.0 Å². The summed E-state index contributed by atoms with van der Waals surface area (Å²) in [4.78, 5) is 19.1. The van der Waals surface area contributed by atoms with Gasteiger partial charge in [-0.3, -0.25) is 4.57 Å². The Kier molecular flexibility index (Phi) is 10.8. The van der Waals surface area contributed by atoms with E-state index in [1.807, 2.05) is 18.2 Å². The van der Waals surface area contributed by atoms with E-state index >= 15 is 0 Å². The molecular formula is C27H35ClNO4PS. The van der Waals surface area contributed by atoms with Crippen LogP contribution in [0.1, 0.15) is 43.4 Å². The Morgan fingerprint density at radius 2 is 1.89 bits per heavy atom. The van der Waals surface area contributed by atoms with Crippen LogP contribution in [0.2, 0.25) is 5.02 Å². The maximum Gasteiger partial charge on any atom is 0.325 e. The van der Waals surface area contributed by atoms with Gasteiger partial charge in [0.05, 0.1) is 12.8 Å². The van der Waals surface area contributed by atoms with Gasteiger partial charge in [0.2, 0.25) is 0 Å². The van der Waals surface area contributed by atoms with Crippen molar-refractivity contribution in [1.29, 1.82) is 0 Å². The van der Waals surface area contributed by atoms with Gasteiger partial charge in [-0.25, -0.2) is 0 Å². The minimum absolute atomic E-state index is 0.0957. The lowest BCUT2D eigenvalue weighted by Gasteiger charge is -2.14. The van der Waals surface area contributed by atoms with Crippen LogP contribution < -0.4 is 10.1 Å². The molecule has 1 heterocycles. The number of rotatable bonds is 14. The number of hydrogen-bond acceptors (Lipinski definition) is 4. The van der Waals surface area contributed by atoms with Crippen LogP contribution in [0.5, 0.6) is 5.75 Å². The van der Waals surface area contributed by atoms with E-state index in [9.17, 15) is 4.57 Å². The summed E-state index contributed by atoms with van der Waals surface area (Å²) >= 11 is 8.15. The molecule has 0 aliphatic rings. The third kappa shape index (κ3) is 9.72. The van der Waals surface area contributed by atoms with E-state index in [1.165, 1.54) is 11.1 Å². The molecule has 0 fully saturated rings. The zero-order valence-electron chi connectivity index (χ0n) is 20.4. The highest BCUT2D eigenvalue weighted by atomic mass is 35.5. The topological polar surface area (TPSA) is 78.8 Å². The molecule has 0 unspecified atom stereocenters. The Morgan fingerprint density at radius 1 is 1.09 bits per heavy atom. The summed E-state index contributed by atoms with van der Waals surface area (Å²) in [5, 5.41) is 6.17. The number of halogens is 1. The van der Waals surface area contributed by atoms with Crippen LogP contribution >= 0.6 is 30.5 Å². The third-order valence-electron chi connectivity index (χ3n) is 5.58. The predicted molar refractivity (Wildman–Crippen MR) is 147 cm³/mol. The van der Waals surface area contributed by atoms with E-state index in [-0.39, 0.29) is 6.16 Å². The first-order chi connectivity index (χ1) is 16.7. The van der Waals surface area contributed by atoms with Gasteiger partial charge in [-0.2, -0.15) is 0 Å². The van der Waals surface area contributed by atoms with Crippen molar-refractivity contribution in [2.24, 2.45) is 5.92 Å². The van der Waals surface area contributed by atoms with Crippen LogP contribution in [0.4, 0.5) is 0 Å². The second-order valence-corrected chi connectivity index (χ2v) is 12.3. The molecule has 0 amide bonds. The van der Waals surface area contributed by atoms with E-state index in [0.29, 0.717) is 32.0 Å². The maximum absolute atomic E-state index is 11.0. The monoisotopic (exact) mass is 535 g/mol. The summed E-state index contributed by atoms with van der Waals surface area (Å²) in [5.41, 5.74) is 4.60. The lowest BCUT2D eigenvalue weighted by molar-refractivity contribution is 0.312. The van der Waals surface area contributed by atoms with E-state index in [2.05, 4.69) is 54.9 Å². The zero-order valence-corrected chi connectivity index (χ0v) is 22.8. The Hall–Kier alpha value is -1.66. The molecule has 3 N–H and O–H groups in total. The quantitative estimate of drug-likeness (QED) is 0.154. The van der Waals surface area contributed by atoms with E-state index in [4.69, 9.17) is 26.1 Å². The van der Waals surface area contributed by atoms with Gasteiger partial charge >= 0.3 is 7.60 Å². The highest BCUT2D eigenvalue weighted by molar-refractivity contribution is 7.51. The van der Waals surface area contributed by atoms with Gasteiger partial charge in [0.25, 0.3) is 0 Å². The molecule has 0 saturated carbocycles. The molecule has 0 spiro atoms. The largest absolute Gasteiger partial charge is 0.493 e. The Morgan fingerprint density at radius 3 is 2.57 bits per heavy atom. The zero-order chi connectivity index (χ0) is 25.3. The van der Waals surface area contributed by atoms with Gasteiger partial charge in [-0.15, -0.1) is 11.3 Å². The average Bonchev–Trinajstić information content (AvgIpc) is 3.32. The summed E-state index contributed by atoms with van der Waals surface area (Å²) in [6.07, 6.45) is 3.14. The first kappa shape index (κ1) is 27.9. The van der Waals surface area contributed by atoms with Crippen molar-refractivity contribution in [1.82, 2.24) is 5.32 Å². The van der Waals surface area contributed by atoms with Crippen LogP contribution in [0.15, 0.2) is 53.9 Å². The van der Waals surface area contributed by atoms with Crippen molar-refractivity contribution in [3.8, 4) is 16.2 Å². The lowest BCUT2D eigenvalue weighted by Crippen LogP contribution is -2.16. The fraction of sp³-hybridized carbons (Fsp3) is 0.407. The summed E-state index contributed by atoms with van der Waals surface area (Å²) in [6, 6.07) is 16.7.